The summed E-state index contributed by atoms with van der Waals surface area (Å²) in [6.45, 7) is 1.70. The van der Waals surface area contributed by atoms with Gasteiger partial charge in [-0.05, 0) is 36.8 Å². The third-order valence-electron chi connectivity index (χ3n) is 4.33. The number of ketones is 1. The molecule has 1 saturated heterocycles. The van der Waals surface area contributed by atoms with Crippen molar-refractivity contribution in [3.8, 4) is 5.75 Å². The number of nitrogens with zero attached hydrogens (tertiary/aromatic N) is 2. The fourth-order valence-electron chi connectivity index (χ4n) is 3.04. The lowest BCUT2D eigenvalue weighted by molar-refractivity contribution is -0.125. The summed E-state index contributed by atoms with van der Waals surface area (Å²) in [5.74, 6) is 0.117. The monoisotopic (exact) mass is 352 g/mol. The molecule has 0 bridgehead atoms. The van der Waals surface area contributed by atoms with E-state index in [1.807, 2.05) is 30.3 Å². The van der Waals surface area contributed by atoms with Crippen molar-refractivity contribution in [2.45, 2.75) is 25.9 Å². The molecule has 2 aromatic rings. The summed E-state index contributed by atoms with van der Waals surface area (Å²) in [4.78, 5) is 40.1. The zero-order valence-electron chi connectivity index (χ0n) is 14.7. The van der Waals surface area contributed by atoms with Crippen molar-refractivity contribution in [2.75, 3.05) is 12.0 Å². The van der Waals surface area contributed by atoms with Crippen molar-refractivity contribution < 1.29 is 19.1 Å². The highest BCUT2D eigenvalue weighted by Gasteiger charge is 2.46. The van der Waals surface area contributed by atoms with Crippen LogP contribution in [0.15, 0.2) is 54.6 Å². The SMILES string of the molecule is COc1ccc(N2C(=O)C(CC(C)=O)N(Cc3ccccc3)C2=O)cc1. The van der Waals surface area contributed by atoms with E-state index in [0.717, 1.165) is 10.5 Å². The molecule has 2 aromatic carbocycles. The molecule has 6 nitrogen and oxygen atoms in total. The normalized spacial score (nSPS) is 16.9. The molecule has 26 heavy (non-hydrogen) atoms. The lowest BCUT2D eigenvalue weighted by Crippen LogP contribution is -2.35. The third-order valence-corrected chi connectivity index (χ3v) is 4.33. The molecule has 1 atom stereocenters. The first-order valence-corrected chi connectivity index (χ1v) is 8.33. The van der Waals surface area contributed by atoms with Crippen LogP contribution >= 0.6 is 0 Å². The number of amides is 3. The number of rotatable bonds is 6. The predicted molar refractivity (Wildman–Crippen MR) is 96.9 cm³/mol. The second kappa shape index (κ2) is 7.39. The van der Waals surface area contributed by atoms with Gasteiger partial charge in [-0.1, -0.05) is 30.3 Å². The maximum absolute atomic E-state index is 13.0. The lowest BCUT2D eigenvalue weighted by Gasteiger charge is -2.21. The van der Waals surface area contributed by atoms with Crippen LogP contribution in [0.5, 0.6) is 5.75 Å². The van der Waals surface area contributed by atoms with E-state index in [2.05, 4.69) is 0 Å². The van der Waals surface area contributed by atoms with E-state index < -0.39 is 12.1 Å². The van der Waals surface area contributed by atoms with Crippen LogP contribution in [0.1, 0.15) is 18.9 Å². The second-order valence-corrected chi connectivity index (χ2v) is 6.19. The van der Waals surface area contributed by atoms with E-state index in [0.29, 0.717) is 11.4 Å². The fraction of sp³-hybridized carbons (Fsp3) is 0.250. The van der Waals surface area contributed by atoms with Gasteiger partial charge in [0.15, 0.2) is 0 Å². The summed E-state index contributed by atoms with van der Waals surface area (Å²) < 4.78 is 5.12. The van der Waals surface area contributed by atoms with Crippen molar-refractivity contribution in [1.82, 2.24) is 4.90 Å². The van der Waals surface area contributed by atoms with Gasteiger partial charge in [0.2, 0.25) is 0 Å². The summed E-state index contributed by atoms with van der Waals surface area (Å²) in [5.41, 5.74) is 1.36. The summed E-state index contributed by atoms with van der Waals surface area (Å²) in [6, 6.07) is 14.9. The van der Waals surface area contributed by atoms with Gasteiger partial charge in [-0.3, -0.25) is 9.59 Å². The number of hydrogen-bond donors (Lipinski definition) is 0. The minimum atomic E-state index is -0.790. The molecule has 0 saturated carbocycles. The number of methoxy groups -OCH3 is 1. The predicted octanol–water partition coefficient (Wildman–Crippen LogP) is 3.01. The first kappa shape index (κ1) is 17.7. The maximum atomic E-state index is 13.0. The van der Waals surface area contributed by atoms with Crippen molar-refractivity contribution >= 4 is 23.4 Å². The van der Waals surface area contributed by atoms with Crippen LogP contribution in [0.3, 0.4) is 0 Å². The Balaban J connectivity index is 1.92. The maximum Gasteiger partial charge on any atom is 0.332 e. The lowest BCUT2D eigenvalue weighted by atomic mass is 10.1. The smallest absolute Gasteiger partial charge is 0.332 e. The van der Waals surface area contributed by atoms with Crippen LogP contribution in [0.4, 0.5) is 10.5 Å². The first-order valence-electron chi connectivity index (χ1n) is 8.33. The molecular formula is C20H20N2O4. The van der Waals surface area contributed by atoms with E-state index >= 15 is 0 Å². The van der Waals surface area contributed by atoms with Crippen molar-refractivity contribution in [1.29, 1.82) is 0 Å². The highest BCUT2D eigenvalue weighted by atomic mass is 16.5. The standard InChI is InChI=1S/C20H20N2O4/c1-14(23)12-18-19(24)22(16-8-10-17(26-2)11-9-16)20(25)21(18)13-15-6-4-3-5-7-15/h3-11,18H,12-13H2,1-2H3. The molecule has 1 fully saturated rings. The summed E-state index contributed by atoms with van der Waals surface area (Å²) in [5, 5.41) is 0. The molecule has 0 radical (unpaired) electrons. The number of carbonyl (C=O) groups is 3. The Kier molecular flexibility index (Phi) is 5.02. The van der Waals surface area contributed by atoms with E-state index in [9.17, 15) is 14.4 Å². The molecule has 3 rings (SSSR count). The largest absolute Gasteiger partial charge is 0.497 e. The number of carbonyl (C=O) groups excluding carboxylic acids is 3. The van der Waals surface area contributed by atoms with Crippen LogP contribution in [0.25, 0.3) is 0 Å². The van der Waals surface area contributed by atoms with Crippen molar-refractivity contribution in [2.24, 2.45) is 0 Å². The molecular weight excluding hydrogens is 332 g/mol. The second-order valence-electron chi connectivity index (χ2n) is 6.19. The van der Waals surface area contributed by atoms with Crippen LogP contribution in [0, 0.1) is 0 Å². The number of hydrogen-bond acceptors (Lipinski definition) is 4. The Bertz CT molecular complexity index is 817. The Labute approximate surface area is 152 Å². The van der Waals surface area contributed by atoms with Crippen LogP contribution in [-0.4, -0.2) is 35.8 Å². The Hall–Kier alpha value is -3.15. The van der Waals surface area contributed by atoms with Gasteiger partial charge in [-0.25, -0.2) is 9.69 Å². The van der Waals surface area contributed by atoms with Gasteiger partial charge < -0.3 is 9.64 Å². The average molecular weight is 352 g/mol. The minimum absolute atomic E-state index is 0.00403. The number of ether oxygens (including phenoxy) is 1. The summed E-state index contributed by atoms with van der Waals surface area (Å²) in [7, 11) is 1.55. The van der Waals surface area contributed by atoms with Gasteiger partial charge in [0.05, 0.1) is 12.8 Å². The molecule has 0 spiro atoms. The average Bonchev–Trinajstić information content (AvgIpc) is 2.86. The molecule has 1 unspecified atom stereocenters. The summed E-state index contributed by atoms with van der Waals surface area (Å²) >= 11 is 0. The van der Waals surface area contributed by atoms with Crippen LogP contribution in [-0.2, 0) is 16.1 Å². The summed E-state index contributed by atoms with van der Waals surface area (Å²) in [6.07, 6.45) is 0.00403. The molecule has 134 valence electrons. The molecule has 1 aliphatic rings. The van der Waals surface area contributed by atoms with Gasteiger partial charge in [0.25, 0.3) is 5.91 Å². The molecule has 1 heterocycles. The number of imide groups is 1. The fourth-order valence-corrected chi connectivity index (χ4v) is 3.04. The van der Waals surface area contributed by atoms with Crippen molar-refractivity contribution in [3.05, 3.63) is 60.2 Å². The van der Waals surface area contributed by atoms with Gasteiger partial charge in [0.1, 0.15) is 17.6 Å². The number of urea groups is 1. The Morgan fingerprint density at radius 2 is 1.69 bits per heavy atom. The van der Waals surface area contributed by atoms with E-state index in [1.54, 1.807) is 31.4 Å². The molecule has 0 aliphatic carbocycles. The van der Waals surface area contributed by atoms with Crippen LogP contribution in [0.2, 0.25) is 0 Å². The third kappa shape index (κ3) is 3.44. The van der Waals surface area contributed by atoms with E-state index in [4.69, 9.17) is 4.74 Å². The zero-order valence-corrected chi connectivity index (χ0v) is 14.7. The van der Waals surface area contributed by atoms with Gasteiger partial charge in [-0.2, -0.15) is 0 Å². The van der Waals surface area contributed by atoms with E-state index in [1.165, 1.54) is 11.8 Å². The Morgan fingerprint density at radius 1 is 1.04 bits per heavy atom. The van der Waals surface area contributed by atoms with Crippen LogP contribution < -0.4 is 9.64 Å². The highest BCUT2D eigenvalue weighted by molar-refractivity contribution is 6.22. The minimum Gasteiger partial charge on any atom is -0.497 e. The van der Waals surface area contributed by atoms with Gasteiger partial charge in [0, 0.05) is 13.0 Å². The number of benzene rings is 2. The molecule has 1 aliphatic heterocycles. The quantitative estimate of drug-likeness (QED) is 0.750. The zero-order chi connectivity index (χ0) is 18.7. The molecule has 3 amide bonds. The number of Topliss-reactive ketones (excluding diaryl/α,β-unsaturated/α-hetero) is 1. The molecule has 0 aromatic heterocycles. The first-order chi connectivity index (χ1) is 12.5. The molecule has 6 heteroatoms. The topological polar surface area (TPSA) is 66.9 Å². The van der Waals surface area contributed by atoms with Crippen molar-refractivity contribution in [3.63, 3.8) is 0 Å². The Morgan fingerprint density at radius 3 is 2.27 bits per heavy atom. The van der Waals surface area contributed by atoms with Gasteiger partial charge >= 0.3 is 6.03 Å². The molecule has 0 N–H and O–H groups in total. The highest BCUT2D eigenvalue weighted by Crippen LogP contribution is 2.29. The number of anilines is 1. The van der Waals surface area contributed by atoms with Gasteiger partial charge in [-0.15, -0.1) is 0 Å². The van der Waals surface area contributed by atoms with E-state index in [-0.39, 0.29) is 24.7 Å².